The zero-order chi connectivity index (χ0) is 12.0. The second-order valence-electron chi connectivity index (χ2n) is 6.06. The molecule has 1 heteroatoms. The van der Waals surface area contributed by atoms with Gasteiger partial charge in [-0.1, -0.05) is 65.7 Å². The van der Waals surface area contributed by atoms with Crippen molar-refractivity contribution in [3.05, 3.63) is 0 Å². The lowest BCUT2D eigenvalue weighted by molar-refractivity contribution is 0.131. The van der Waals surface area contributed by atoms with Crippen molar-refractivity contribution < 1.29 is 0 Å². The van der Waals surface area contributed by atoms with E-state index in [0.717, 1.165) is 5.92 Å². The van der Waals surface area contributed by atoms with Crippen LogP contribution in [0.2, 0.25) is 0 Å². The van der Waals surface area contributed by atoms with Crippen LogP contribution in [0.15, 0.2) is 0 Å². The molecule has 0 bridgehead atoms. The molecule has 0 aromatic carbocycles. The normalized spacial score (nSPS) is 35.2. The van der Waals surface area contributed by atoms with Gasteiger partial charge in [-0.25, -0.2) is 0 Å². The largest absolute Gasteiger partial charge is 0.325 e. The third-order valence-electron chi connectivity index (χ3n) is 4.81. The summed E-state index contributed by atoms with van der Waals surface area (Å²) in [4.78, 5) is 0. The minimum Gasteiger partial charge on any atom is -0.325 e. The molecule has 3 atom stereocenters. The van der Waals surface area contributed by atoms with Crippen LogP contribution in [0.1, 0.15) is 78.6 Å². The Hall–Kier alpha value is -0.0400. The molecular formula is C15H31N. The average Bonchev–Trinajstić information content (AvgIpc) is 2.26. The zero-order valence-electron chi connectivity index (χ0n) is 11.6. The van der Waals surface area contributed by atoms with E-state index in [1.54, 1.807) is 0 Å². The van der Waals surface area contributed by atoms with Crippen molar-refractivity contribution in [2.45, 2.75) is 84.1 Å². The Morgan fingerprint density at radius 2 is 1.81 bits per heavy atom. The molecule has 0 heterocycles. The first-order chi connectivity index (χ1) is 7.60. The van der Waals surface area contributed by atoms with Crippen LogP contribution in [0.25, 0.3) is 0 Å². The Morgan fingerprint density at radius 1 is 1.12 bits per heavy atom. The highest BCUT2D eigenvalue weighted by molar-refractivity contribution is 4.94. The lowest BCUT2D eigenvalue weighted by atomic mass is 9.67. The molecule has 0 radical (unpaired) electrons. The molecule has 3 unspecified atom stereocenters. The van der Waals surface area contributed by atoms with Crippen molar-refractivity contribution in [2.75, 3.05) is 0 Å². The SMILES string of the molecule is CCCCCCCC1(N)CCCC(C)C1C. The fourth-order valence-corrected chi connectivity index (χ4v) is 3.21. The van der Waals surface area contributed by atoms with Crippen molar-refractivity contribution in [2.24, 2.45) is 17.6 Å². The van der Waals surface area contributed by atoms with E-state index in [9.17, 15) is 0 Å². The molecule has 2 N–H and O–H groups in total. The topological polar surface area (TPSA) is 26.0 Å². The Kier molecular flexibility index (Phi) is 5.82. The van der Waals surface area contributed by atoms with Crippen LogP contribution in [0.4, 0.5) is 0 Å². The van der Waals surface area contributed by atoms with Crippen LogP contribution >= 0.6 is 0 Å². The Labute approximate surface area is 102 Å². The second kappa shape index (κ2) is 6.64. The van der Waals surface area contributed by atoms with Gasteiger partial charge < -0.3 is 5.73 Å². The molecule has 0 saturated heterocycles. The van der Waals surface area contributed by atoms with Gasteiger partial charge in [0.05, 0.1) is 0 Å². The van der Waals surface area contributed by atoms with Gasteiger partial charge in [0.15, 0.2) is 0 Å². The maximum atomic E-state index is 6.61. The molecule has 1 aliphatic carbocycles. The molecule has 0 aromatic rings. The highest BCUT2D eigenvalue weighted by atomic mass is 14.8. The van der Waals surface area contributed by atoms with E-state index in [1.807, 2.05) is 0 Å². The maximum Gasteiger partial charge on any atom is 0.0182 e. The van der Waals surface area contributed by atoms with Crippen molar-refractivity contribution in [1.82, 2.24) is 0 Å². The minimum absolute atomic E-state index is 0.157. The summed E-state index contributed by atoms with van der Waals surface area (Å²) >= 11 is 0. The van der Waals surface area contributed by atoms with Gasteiger partial charge in [-0.2, -0.15) is 0 Å². The Morgan fingerprint density at radius 3 is 2.50 bits per heavy atom. The lowest BCUT2D eigenvalue weighted by Gasteiger charge is -2.43. The molecule has 1 nitrogen and oxygen atoms in total. The highest BCUT2D eigenvalue weighted by Gasteiger charge is 2.37. The number of rotatable bonds is 6. The van der Waals surface area contributed by atoms with Crippen LogP contribution in [-0.2, 0) is 0 Å². The standard InChI is InChI=1S/C15H31N/c1-4-5-6-7-8-11-15(16)12-9-10-13(2)14(15)3/h13-14H,4-12,16H2,1-3H3. The molecule has 1 fully saturated rings. The second-order valence-corrected chi connectivity index (χ2v) is 6.06. The molecule has 0 aliphatic heterocycles. The molecule has 1 rings (SSSR count). The molecule has 1 saturated carbocycles. The zero-order valence-corrected chi connectivity index (χ0v) is 11.6. The predicted molar refractivity (Wildman–Crippen MR) is 72.5 cm³/mol. The fourth-order valence-electron chi connectivity index (χ4n) is 3.21. The molecule has 16 heavy (non-hydrogen) atoms. The fraction of sp³-hybridized carbons (Fsp3) is 1.00. The van der Waals surface area contributed by atoms with E-state index in [1.165, 1.54) is 57.8 Å². The lowest BCUT2D eigenvalue weighted by Crippen LogP contribution is -2.50. The summed E-state index contributed by atoms with van der Waals surface area (Å²) < 4.78 is 0. The molecule has 0 aromatic heterocycles. The van der Waals surface area contributed by atoms with Crippen LogP contribution in [0, 0.1) is 11.8 Å². The quantitative estimate of drug-likeness (QED) is 0.662. The molecular weight excluding hydrogens is 194 g/mol. The van der Waals surface area contributed by atoms with Crippen molar-refractivity contribution in [1.29, 1.82) is 0 Å². The Bertz CT molecular complexity index is 190. The van der Waals surface area contributed by atoms with Crippen molar-refractivity contribution >= 4 is 0 Å². The van der Waals surface area contributed by atoms with Gasteiger partial charge in [0, 0.05) is 5.54 Å². The number of hydrogen-bond acceptors (Lipinski definition) is 1. The molecule has 1 aliphatic rings. The summed E-state index contributed by atoms with van der Waals surface area (Å²) in [5.74, 6) is 1.54. The summed E-state index contributed by atoms with van der Waals surface area (Å²) in [5, 5.41) is 0. The van der Waals surface area contributed by atoms with Gasteiger partial charge in [-0.3, -0.25) is 0 Å². The predicted octanol–water partition coefficient (Wildman–Crippen LogP) is 4.50. The van der Waals surface area contributed by atoms with E-state index in [2.05, 4.69) is 20.8 Å². The third-order valence-corrected chi connectivity index (χ3v) is 4.81. The van der Waals surface area contributed by atoms with Gasteiger partial charge in [0.25, 0.3) is 0 Å². The van der Waals surface area contributed by atoms with Gasteiger partial charge in [0.2, 0.25) is 0 Å². The molecule has 96 valence electrons. The van der Waals surface area contributed by atoms with Crippen LogP contribution in [-0.4, -0.2) is 5.54 Å². The summed E-state index contributed by atoms with van der Waals surface area (Å²) in [5.41, 5.74) is 6.76. The van der Waals surface area contributed by atoms with Crippen LogP contribution in [0.5, 0.6) is 0 Å². The van der Waals surface area contributed by atoms with Crippen molar-refractivity contribution in [3.8, 4) is 0 Å². The first kappa shape index (κ1) is 14.0. The summed E-state index contributed by atoms with van der Waals surface area (Å²) in [6.07, 6.45) is 12.1. The van der Waals surface area contributed by atoms with Gasteiger partial charge >= 0.3 is 0 Å². The van der Waals surface area contributed by atoms with Crippen LogP contribution in [0.3, 0.4) is 0 Å². The van der Waals surface area contributed by atoms with E-state index < -0.39 is 0 Å². The summed E-state index contributed by atoms with van der Waals surface area (Å²) in [6, 6.07) is 0. The third kappa shape index (κ3) is 3.76. The van der Waals surface area contributed by atoms with Crippen molar-refractivity contribution in [3.63, 3.8) is 0 Å². The molecule has 0 amide bonds. The average molecular weight is 225 g/mol. The van der Waals surface area contributed by atoms with Crippen LogP contribution < -0.4 is 5.73 Å². The molecule has 0 spiro atoms. The number of hydrogen-bond donors (Lipinski definition) is 1. The first-order valence-electron chi connectivity index (χ1n) is 7.39. The maximum absolute atomic E-state index is 6.61. The highest BCUT2D eigenvalue weighted by Crippen LogP contribution is 2.38. The van der Waals surface area contributed by atoms with E-state index >= 15 is 0 Å². The van der Waals surface area contributed by atoms with E-state index in [-0.39, 0.29) is 5.54 Å². The van der Waals surface area contributed by atoms with E-state index in [0.29, 0.717) is 5.92 Å². The first-order valence-corrected chi connectivity index (χ1v) is 7.39. The Balaban J connectivity index is 2.27. The van der Waals surface area contributed by atoms with E-state index in [4.69, 9.17) is 5.73 Å². The van der Waals surface area contributed by atoms with Gasteiger partial charge in [-0.15, -0.1) is 0 Å². The minimum atomic E-state index is 0.157. The van der Waals surface area contributed by atoms with Gasteiger partial charge in [0.1, 0.15) is 0 Å². The summed E-state index contributed by atoms with van der Waals surface area (Å²) in [6.45, 7) is 7.02. The van der Waals surface area contributed by atoms with Gasteiger partial charge in [-0.05, 0) is 24.7 Å². The number of unbranched alkanes of at least 4 members (excludes halogenated alkanes) is 4. The monoisotopic (exact) mass is 225 g/mol. The smallest absolute Gasteiger partial charge is 0.0182 e. The summed E-state index contributed by atoms with van der Waals surface area (Å²) in [7, 11) is 0. The number of nitrogens with two attached hydrogens (primary N) is 1.